The lowest BCUT2D eigenvalue weighted by atomic mass is 10.1. The van der Waals surface area contributed by atoms with Gasteiger partial charge in [-0.05, 0) is 49.2 Å². The normalized spacial score (nSPS) is 15.0. The molecule has 1 N–H and O–H groups in total. The molecule has 0 radical (unpaired) electrons. The van der Waals surface area contributed by atoms with Crippen molar-refractivity contribution in [2.45, 2.75) is 18.9 Å². The average Bonchev–Trinajstić information content (AvgIpc) is 2.67. The first-order valence-electron chi connectivity index (χ1n) is 8.60. The van der Waals surface area contributed by atoms with Crippen LogP contribution >= 0.6 is 0 Å². The van der Waals surface area contributed by atoms with E-state index >= 15 is 0 Å². The number of para-hydroxylation sites is 1. The van der Waals surface area contributed by atoms with Crippen LogP contribution in [0.1, 0.15) is 23.2 Å². The van der Waals surface area contributed by atoms with Crippen LogP contribution in [0.3, 0.4) is 0 Å². The molecule has 1 fully saturated rings. The lowest BCUT2D eigenvalue weighted by molar-refractivity contribution is 0.0450. The van der Waals surface area contributed by atoms with Gasteiger partial charge in [0.05, 0.1) is 11.7 Å². The van der Waals surface area contributed by atoms with E-state index < -0.39 is 0 Å². The summed E-state index contributed by atoms with van der Waals surface area (Å²) >= 11 is 0. The molecule has 0 aliphatic carbocycles. The van der Waals surface area contributed by atoms with E-state index in [4.69, 9.17) is 9.47 Å². The van der Waals surface area contributed by atoms with Crippen molar-refractivity contribution in [1.82, 2.24) is 0 Å². The minimum Gasteiger partial charge on any atom is -0.490 e. The first-order valence-corrected chi connectivity index (χ1v) is 8.60. The summed E-state index contributed by atoms with van der Waals surface area (Å²) < 4.78 is 10.7. The molecule has 2 aromatic rings. The summed E-state index contributed by atoms with van der Waals surface area (Å²) in [5.74, 6) is 0.409. The van der Waals surface area contributed by atoms with Crippen LogP contribution in [0, 0.1) is 0 Å². The SMILES string of the molecule is O=C(OCCOc1ccccc1)c1ccc(N2CCC(O)CC2)cc1. The Morgan fingerprint density at radius 2 is 1.68 bits per heavy atom. The van der Waals surface area contributed by atoms with Crippen molar-refractivity contribution < 1.29 is 19.4 Å². The highest BCUT2D eigenvalue weighted by Gasteiger charge is 2.17. The number of hydrogen-bond acceptors (Lipinski definition) is 5. The lowest BCUT2D eigenvalue weighted by Crippen LogP contribution is -2.35. The molecule has 0 bridgehead atoms. The third-order valence-electron chi connectivity index (χ3n) is 4.26. The topological polar surface area (TPSA) is 59.0 Å². The second-order valence-corrected chi connectivity index (χ2v) is 6.06. The molecule has 3 rings (SSSR count). The van der Waals surface area contributed by atoms with Crippen molar-refractivity contribution in [2.75, 3.05) is 31.2 Å². The van der Waals surface area contributed by atoms with Crippen LogP contribution in [-0.2, 0) is 4.74 Å². The fourth-order valence-corrected chi connectivity index (χ4v) is 2.83. The molecule has 0 spiro atoms. The van der Waals surface area contributed by atoms with Crippen molar-refractivity contribution in [3.63, 3.8) is 0 Å². The van der Waals surface area contributed by atoms with Gasteiger partial charge in [0.25, 0.3) is 0 Å². The van der Waals surface area contributed by atoms with Crippen LogP contribution in [0.15, 0.2) is 54.6 Å². The summed E-state index contributed by atoms with van der Waals surface area (Å²) in [5.41, 5.74) is 1.59. The number of rotatable bonds is 6. The Morgan fingerprint density at radius 3 is 2.36 bits per heavy atom. The molecule has 1 saturated heterocycles. The van der Waals surface area contributed by atoms with E-state index in [0.29, 0.717) is 12.2 Å². The zero-order valence-corrected chi connectivity index (χ0v) is 14.1. The number of carbonyl (C=O) groups is 1. The van der Waals surface area contributed by atoms with Gasteiger partial charge in [-0.2, -0.15) is 0 Å². The summed E-state index contributed by atoms with van der Waals surface area (Å²) in [7, 11) is 0. The zero-order valence-electron chi connectivity index (χ0n) is 14.1. The van der Waals surface area contributed by atoms with Gasteiger partial charge < -0.3 is 19.5 Å². The number of esters is 1. The van der Waals surface area contributed by atoms with Crippen molar-refractivity contribution in [3.05, 3.63) is 60.2 Å². The Bertz CT molecular complexity index is 664. The molecule has 0 amide bonds. The van der Waals surface area contributed by atoms with E-state index in [1.165, 1.54) is 0 Å². The number of carbonyl (C=O) groups excluding carboxylic acids is 1. The first-order chi connectivity index (χ1) is 12.2. The molecular formula is C20H23NO4. The molecule has 0 aromatic heterocycles. The summed E-state index contributed by atoms with van der Waals surface area (Å²) in [4.78, 5) is 14.3. The quantitative estimate of drug-likeness (QED) is 0.647. The standard InChI is InChI=1S/C20H23NO4/c22-18-10-12-21(13-11-18)17-8-6-16(7-9-17)20(23)25-15-14-24-19-4-2-1-3-5-19/h1-9,18,22H,10-15H2. The van der Waals surface area contributed by atoms with Crippen LogP contribution in [0.4, 0.5) is 5.69 Å². The molecule has 0 atom stereocenters. The zero-order chi connectivity index (χ0) is 17.5. The summed E-state index contributed by atoms with van der Waals surface area (Å²) in [5, 5.41) is 9.57. The van der Waals surface area contributed by atoms with E-state index in [1.54, 1.807) is 12.1 Å². The lowest BCUT2D eigenvalue weighted by Gasteiger charge is -2.31. The maximum Gasteiger partial charge on any atom is 0.338 e. The van der Waals surface area contributed by atoms with Crippen LogP contribution in [0.5, 0.6) is 5.75 Å². The molecule has 0 saturated carbocycles. The predicted molar refractivity (Wildman–Crippen MR) is 96.1 cm³/mol. The minimum atomic E-state index is -0.350. The van der Waals surface area contributed by atoms with Gasteiger partial charge in [0.15, 0.2) is 0 Å². The monoisotopic (exact) mass is 341 g/mol. The Morgan fingerprint density at radius 1 is 1.00 bits per heavy atom. The maximum absolute atomic E-state index is 12.1. The summed E-state index contributed by atoms with van der Waals surface area (Å²) in [6.45, 7) is 2.20. The van der Waals surface area contributed by atoms with E-state index in [1.807, 2.05) is 42.5 Å². The van der Waals surface area contributed by atoms with E-state index in [2.05, 4.69) is 4.90 Å². The largest absolute Gasteiger partial charge is 0.490 e. The smallest absolute Gasteiger partial charge is 0.338 e. The Labute approximate surface area is 147 Å². The molecule has 0 unspecified atom stereocenters. The number of hydrogen-bond donors (Lipinski definition) is 1. The highest BCUT2D eigenvalue weighted by atomic mass is 16.6. The fourth-order valence-electron chi connectivity index (χ4n) is 2.83. The molecule has 1 heterocycles. The number of benzene rings is 2. The summed E-state index contributed by atoms with van der Waals surface area (Å²) in [6.07, 6.45) is 1.37. The fraction of sp³-hybridized carbons (Fsp3) is 0.350. The molecule has 5 heteroatoms. The van der Waals surface area contributed by atoms with Gasteiger partial charge in [0, 0.05) is 18.8 Å². The molecule has 25 heavy (non-hydrogen) atoms. The first kappa shape index (κ1) is 17.3. The van der Waals surface area contributed by atoms with Gasteiger partial charge in [-0.25, -0.2) is 4.79 Å². The van der Waals surface area contributed by atoms with E-state index in [-0.39, 0.29) is 18.7 Å². The highest BCUT2D eigenvalue weighted by molar-refractivity contribution is 5.89. The van der Waals surface area contributed by atoms with Crippen molar-refractivity contribution in [2.24, 2.45) is 0 Å². The van der Waals surface area contributed by atoms with Gasteiger partial charge in [-0.1, -0.05) is 18.2 Å². The van der Waals surface area contributed by atoms with Gasteiger partial charge in [0.2, 0.25) is 0 Å². The minimum absolute atomic E-state index is 0.191. The van der Waals surface area contributed by atoms with Crippen LogP contribution < -0.4 is 9.64 Å². The maximum atomic E-state index is 12.1. The molecule has 2 aromatic carbocycles. The Kier molecular flexibility index (Phi) is 5.90. The van der Waals surface area contributed by atoms with E-state index in [0.717, 1.165) is 37.4 Å². The third-order valence-corrected chi connectivity index (χ3v) is 4.26. The van der Waals surface area contributed by atoms with Crippen molar-refractivity contribution in [3.8, 4) is 5.75 Å². The van der Waals surface area contributed by atoms with Crippen LogP contribution in [-0.4, -0.2) is 43.5 Å². The third kappa shape index (κ3) is 4.97. The van der Waals surface area contributed by atoms with Crippen LogP contribution in [0.25, 0.3) is 0 Å². The number of nitrogens with zero attached hydrogens (tertiary/aromatic N) is 1. The highest BCUT2D eigenvalue weighted by Crippen LogP contribution is 2.20. The number of anilines is 1. The number of ether oxygens (including phenoxy) is 2. The Hall–Kier alpha value is -2.53. The second-order valence-electron chi connectivity index (χ2n) is 6.06. The molecule has 1 aliphatic heterocycles. The van der Waals surface area contributed by atoms with Gasteiger partial charge in [-0.15, -0.1) is 0 Å². The molecule has 5 nitrogen and oxygen atoms in total. The van der Waals surface area contributed by atoms with Gasteiger partial charge >= 0.3 is 5.97 Å². The number of piperidine rings is 1. The molecule has 132 valence electrons. The number of aliphatic hydroxyl groups is 1. The molecule has 1 aliphatic rings. The number of aliphatic hydroxyl groups excluding tert-OH is 1. The Balaban J connectivity index is 1.44. The summed E-state index contributed by atoms with van der Waals surface area (Å²) in [6, 6.07) is 16.8. The van der Waals surface area contributed by atoms with Gasteiger partial charge in [-0.3, -0.25) is 0 Å². The van der Waals surface area contributed by atoms with Crippen molar-refractivity contribution in [1.29, 1.82) is 0 Å². The van der Waals surface area contributed by atoms with Gasteiger partial charge in [0.1, 0.15) is 19.0 Å². The van der Waals surface area contributed by atoms with E-state index in [9.17, 15) is 9.90 Å². The predicted octanol–water partition coefficient (Wildman–Crippen LogP) is 2.88. The van der Waals surface area contributed by atoms with Crippen LogP contribution in [0.2, 0.25) is 0 Å². The second kappa shape index (κ2) is 8.53. The van der Waals surface area contributed by atoms with Crippen molar-refractivity contribution >= 4 is 11.7 Å². The average molecular weight is 341 g/mol. The molecular weight excluding hydrogens is 318 g/mol.